The summed E-state index contributed by atoms with van der Waals surface area (Å²) in [5.74, 6) is -0.275. The molecule has 0 radical (unpaired) electrons. The zero-order valence-corrected chi connectivity index (χ0v) is 17.6. The molecule has 0 saturated heterocycles. The Balaban J connectivity index is 1.42. The zero-order chi connectivity index (χ0) is 20.4. The lowest BCUT2D eigenvalue weighted by molar-refractivity contribution is -0.116. The number of aryl methyl sites for hydroxylation is 3. The molecule has 1 aliphatic rings. The van der Waals surface area contributed by atoms with Crippen molar-refractivity contribution in [3.05, 3.63) is 80.8 Å². The number of nitrogens with one attached hydrogen (secondary N) is 1. The van der Waals surface area contributed by atoms with Gasteiger partial charge in [-0.3, -0.25) is 4.79 Å². The molecule has 1 aromatic heterocycles. The number of amides is 1. The van der Waals surface area contributed by atoms with E-state index in [1.165, 1.54) is 28.3 Å². The molecule has 0 aliphatic carbocycles. The Bertz CT molecular complexity index is 1000. The van der Waals surface area contributed by atoms with Crippen molar-refractivity contribution in [1.82, 2.24) is 0 Å². The topological polar surface area (TPSA) is 32.3 Å². The van der Waals surface area contributed by atoms with Crippen LogP contribution >= 0.6 is 11.3 Å². The third-order valence-corrected chi connectivity index (χ3v) is 6.53. The highest BCUT2D eigenvalue weighted by Crippen LogP contribution is 2.32. The van der Waals surface area contributed by atoms with Crippen molar-refractivity contribution in [2.75, 3.05) is 16.8 Å². The van der Waals surface area contributed by atoms with Gasteiger partial charge in [-0.1, -0.05) is 12.1 Å². The Kier molecular flexibility index (Phi) is 5.67. The zero-order valence-electron chi connectivity index (χ0n) is 16.8. The predicted molar refractivity (Wildman–Crippen MR) is 118 cm³/mol. The Morgan fingerprint density at radius 1 is 1.14 bits per heavy atom. The van der Waals surface area contributed by atoms with E-state index in [0.29, 0.717) is 12.8 Å². The average Bonchev–Trinajstić information content (AvgIpc) is 3.18. The highest BCUT2D eigenvalue weighted by molar-refractivity contribution is 7.10. The number of carbonyl (C=O) groups is 1. The number of carbonyl (C=O) groups excluding carboxylic acids is 1. The van der Waals surface area contributed by atoms with Crippen molar-refractivity contribution in [3.8, 4) is 0 Å². The summed E-state index contributed by atoms with van der Waals surface area (Å²) in [6, 6.07) is 12.9. The molecule has 1 N–H and O–H groups in total. The summed E-state index contributed by atoms with van der Waals surface area (Å²) in [5.41, 5.74) is 6.64. The molecule has 3 nitrogen and oxygen atoms in total. The molecule has 2 heterocycles. The van der Waals surface area contributed by atoms with Crippen molar-refractivity contribution in [3.63, 3.8) is 0 Å². The van der Waals surface area contributed by atoms with Crippen LogP contribution in [0.25, 0.3) is 0 Å². The minimum atomic E-state index is -0.256. The van der Waals surface area contributed by atoms with Crippen LogP contribution in [-0.2, 0) is 24.2 Å². The molecule has 0 spiro atoms. The summed E-state index contributed by atoms with van der Waals surface area (Å²) in [6.07, 6.45) is 2.06. The predicted octanol–water partition coefficient (Wildman–Crippen LogP) is 5.64. The van der Waals surface area contributed by atoms with Gasteiger partial charge in [0.2, 0.25) is 5.91 Å². The standard InChI is InChI=1S/C24H25FN2OS/c1-16-13-21(27-11-9-22-19(15-27)10-12-29-22)14-17(2)24(16)26-23(28)8-5-18-3-6-20(25)7-4-18/h3-4,6-7,10,12-14H,5,8-9,11,15H2,1-2H3,(H,26,28). The van der Waals surface area contributed by atoms with Gasteiger partial charge in [-0.15, -0.1) is 11.3 Å². The van der Waals surface area contributed by atoms with Crippen LogP contribution < -0.4 is 10.2 Å². The minimum Gasteiger partial charge on any atom is -0.367 e. The van der Waals surface area contributed by atoms with Crippen LogP contribution in [0.1, 0.15) is 33.6 Å². The van der Waals surface area contributed by atoms with Crippen molar-refractivity contribution < 1.29 is 9.18 Å². The van der Waals surface area contributed by atoms with Gasteiger partial charge in [-0.05, 0) is 84.7 Å². The van der Waals surface area contributed by atoms with E-state index in [9.17, 15) is 9.18 Å². The van der Waals surface area contributed by atoms with Crippen molar-refractivity contribution in [2.24, 2.45) is 0 Å². The first kappa shape index (κ1) is 19.6. The molecule has 0 bridgehead atoms. The Morgan fingerprint density at radius 2 is 1.86 bits per heavy atom. The summed E-state index contributed by atoms with van der Waals surface area (Å²) < 4.78 is 13.0. The van der Waals surface area contributed by atoms with Gasteiger partial charge in [0.15, 0.2) is 0 Å². The largest absolute Gasteiger partial charge is 0.367 e. The molecular weight excluding hydrogens is 383 g/mol. The quantitative estimate of drug-likeness (QED) is 0.593. The Labute approximate surface area is 175 Å². The van der Waals surface area contributed by atoms with Crippen LogP contribution in [0, 0.1) is 19.7 Å². The monoisotopic (exact) mass is 408 g/mol. The number of nitrogens with zero attached hydrogens (tertiary/aromatic N) is 1. The van der Waals surface area contributed by atoms with Crippen LogP contribution in [0.2, 0.25) is 0 Å². The second-order valence-corrected chi connectivity index (χ2v) is 8.67. The molecule has 2 aromatic carbocycles. The molecule has 1 amide bonds. The van der Waals surface area contributed by atoms with Gasteiger partial charge in [-0.25, -0.2) is 4.39 Å². The van der Waals surface area contributed by atoms with E-state index in [0.717, 1.165) is 41.9 Å². The normalized spacial score (nSPS) is 13.3. The van der Waals surface area contributed by atoms with E-state index in [1.807, 2.05) is 25.2 Å². The summed E-state index contributed by atoms with van der Waals surface area (Å²) in [4.78, 5) is 16.4. The molecule has 29 heavy (non-hydrogen) atoms. The van der Waals surface area contributed by atoms with Crippen molar-refractivity contribution in [2.45, 2.75) is 39.7 Å². The number of benzene rings is 2. The van der Waals surface area contributed by atoms with E-state index < -0.39 is 0 Å². The van der Waals surface area contributed by atoms with E-state index in [2.05, 4.69) is 33.8 Å². The fourth-order valence-corrected chi connectivity index (χ4v) is 4.79. The molecular formula is C24H25FN2OS. The number of rotatable bonds is 5. The fraction of sp³-hybridized carbons (Fsp3) is 0.292. The lowest BCUT2D eigenvalue weighted by Crippen LogP contribution is -2.29. The summed E-state index contributed by atoms with van der Waals surface area (Å²) >= 11 is 1.85. The van der Waals surface area contributed by atoms with Crippen molar-refractivity contribution >= 4 is 28.6 Å². The number of hydrogen-bond donors (Lipinski definition) is 1. The van der Waals surface area contributed by atoms with Crippen LogP contribution in [-0.4, -0.2) is 12.5 Å². The van der Waals surface area contributed by atoms with Gasteiger partial charge in [0.1, 0.15) is 5.82 Å². The number of fused-ring (bicyclic) bond motifs is 1. The third kappa shape index (κ3) is 4.51. The molecule has 0 atom stereocenters. The smallest absolute Gasteiger partial charge is 0.224 e. The molecule has 5 heteroatoms. The molecule has 0 fully saturated rings. The molecule has 150 valence electrons. The fourth-order valence-electron chi connectivity index (χ4n) is 3.90. The number of hydrogen-bond acceptors (Lipinski definition) is 3. The summed E-state index contributed by atoms with van der Waals surface area (Å²) in [7, 11) is 0. The minimum absolute atomic E-state index is 0.0193. The number of anilines is 2. The molecule has 1 aliphatic heterocycles. The van der Waals surface area contributed by atoms with Crippen LogP contribution in [0.4, 0.5) is 15.8 Å². The lowest BCUT2D eigenvalue weighted by atomic mass is 10.0. The van der Waals surface area contributed by atoms with Gasteiger partial charge in [0.05, 0.1) is 0 Å². The Morgan fingerprint density at radius 3 is 2.59 bits per heavy atom. The lowest BCUT2D eigenvalue weighted by Gasteiger charge is -2.30. The van der Waals surface area contributed by atoms with Gasteiger partial charge >= 0.3 is 0 Å². The maximum absolute atomic E-state index is 13.0. The molecule has 0 saturated carbocycles. The van der Waals surface area contributed by atoms with E-state index in [-0.39, 0.29) is 11.7 Å². The SMILES string of the molecule is Cc1cc(N2CCc3sccc3C2)cc(C)c1NC(=O)CCc1ccc(F)cc1. The highest BCUT2D eigenvalue weighted by atomic mass is 32.1. The number of halogens is 1. The van der Waals surface area contributed by atoms with E-state index in [4.69, 9.17) is 0 Å². The third-order valence-electron chi connectivity index (χ3n) is 5.51. The van der Waals surface area contributed by atoms with Crippen LogP contribution in [0.5, 0.6) is 0 Å². The first-order valence-electron chi connectivity index (χ1n) is 9.95. The maximum atomic E-state index is 13.0. The maximum Gasteiger partial charge on any atom is 0.224 e. The molecule has 4 rings (SSSR count). The first-order chi connectivity index (χ1) is 14.0. The molecule has 0 unspecified atom stereocenters. The van der Waals surface area contributed by atoms with Gasteiger partial charge in [0, 0.05) is 35.8 Å². The summed E-state index contributed by atoms with van der Waals surface area (Å²) in [6.45, 7) is 6.06. The second-order valence-electron chi connectivity index (χ2n) is 7.67. The van der Waals surface area contributed by atoms with E-state index in [1.54, 1.807) is 12.1 Å². The van der Waals surface area contributed by atoms with Gasteiger partial charge in [-0.2, -0.15) is 0 Å². The Hall–Kier alpha value is -2.66. The van der Waals surface area contributed by atoms with Gasteiger partial charge in [0.25, 0.3) is 0 Å². The number of thiophene rings is 1. The van der Waals surface area contributed by atoms with E-state index >= 15 is 0 Å². The average molecular weight is 409 g/mol. The second kappa shape index (κ2) is 8.37. The summed E-state index contributed by atoms with van der Waals surface area (Å²) in [5, 5.41) is 5.25. The molecule has 3 aromatic rings. The highest BCUT2D eigenvalue weighted by Gasteiger charge is 2.19. The van der Waals surface area contributed by atoms with Crippen molar-refractivity contribution in [1.29, 1.82) is 0 Å². The van der Waals surface area contributed by atoms with Gasteiger partial charge < -0.3 is 10.2 Å². The van der Waals surface area contributed by atoms with Crippen LogP contribution in [0.3, 0.4) is 0 Å². The first-order valence-corrected chi connectivity index (χ1v) is 10.8. The van der Waals surface area contributed by atoms with Crippen LogP contribution in [0.15, 0.2) is 47.8 Å².